The summed E-state index contributed by atoms with van der Waals surface area (Å²) in [5.41, 5.74) is 3.18. The smallest absolute Gasteiger partial charge is 0.255 e. The standard InChI is InChI=1S/C16H12ClNOS/c1-16(17)18-14-10-6-2-4-8-12(10)20-13-9-5-3-7-11(13)15(14)19-16/h2-9,18H,1H3/t16-/m0/s1. The maximum atomic E-state index is 6.35. The van der Waals surface area contributed by atoms with Gasteiger partial charge >= 0.3 is 0 Å². The lowest BCUT2D eigenvalue weighted by atomic mass is 10.1. The van der Waals surface area contributed by atoms with Gasteiger partial charge in [0.2, 0.25) is 0 Å². The van der Waals surface area contributed by atoms with E-state index in [0.29, 0.717) is 0 Å². The molecule has 2 aliphatic rings. The third-order valence-corrected chi connectivity index (χ3v) is 4.70. The van der Waals surface area contributed by atoms with E-state index in [-0.39, 0.29) is 0 Å². The van der Waals surface area contributed by atoms with E-state index in [0.717, 1.165) is 22.6 Å². The van der Waals surface area contributed by atoms with Crippen LogP contribution in [-0.4, -0.2) is 5.18 Å². The lowest BCUT2D eigenvalue weighted by molar-refractivity contribution is 0.147. The highest BCUT2D eigenvalue weighted by atomic mass is 35.5. The van der Waals surface area contributed by atoms with E-state index in [9.17, 15) is 0 Å². The first-order valence-corrected chi connectivity index (χ1v) is 7.60. The first kappa shape index (κ1) is 12.2. The van der Waals surface area contributed by atoms with E-state index < -0.39 is 5.18 Å². The Morgan fingerprint density at radius 1 is 1.00 bits per heavy atom. The van der Waals surface area contributed by atoms with Crippen LogP contribution in [0.5, 0.6) is 0 Å². The average Bonchev–Trinajstić information content (AvgIpc) is 2.69. The zero-order chi connectivity index (χ0) is 13.7. The molecule has 0 saturated carbocycles. The summed E-state index contributed by atoms with van der Waals surface area (Å²) in [5.74, 6) is 0.829. The largest absolute Gasteiger partial charge is 0.452 e. The zero-order valence-electron chi connectivity index (χ0n) is 10.8. The molecule has 0 bridgehead atoms. The number of alkyl halides is 1. The predicted molar refractivity (Wildman–Crippen MR) is 82.3 cm³/mol. The van der Waals surface area contributed by atoms with Gasteiger partial charge in [0, 0.05) is 27.8 Å². The van der Waals surface area contributed by atoms with E-state index >= 15 is 0 Å². The number of nitrogens with one attached hydrogen (secondary N) is 1. The van der Waals surface area contributed by atoms with Gasteiger partial charge in [0.15, 0.2) is 5.76 Å². The molecule has 2 aromatic carbocycles. The monoisotopic (exact) mass is 301 g/mol. The van der Waals surface area contributed by atoms with Crippen molar-refractivity contribution in [1.29, 1.82) is 0 Å². The molecule has 0 saturated heterocycles. The van der Waals surface area contributed by atoms with Crippen LogP contribution in [0.3, 0.4) is 0 Å². The Labute approximate surface area is 126 Å². The lowest BCUT2D eigenvalue weighted by Gasteiger charge is -2.19. The molecule has 1 N–H and O–H groups in total. The summed E-state index contributed by atoms with van der Waals surface area (Å²) in [4.78, 5) is 2.39. The van der Waals surface area contributed by atoms with Gasteiger partial charge in [-0.05, 0) is 12.1 Å². The minimum atomic E-state index is -0.896. The van der Waals surface area contributed by atoms with Gasteiger partial charge in [-0.1, -0.05) is 59.8 Å². The molecule has 2 heterocycles. The van der Waals surface area contributed by atoms with E-state index in [4.69, 9.17) is 16.3 Å². The Morgan fingerprint density at radius 3 is 2.35 bits per heavy atom. The summed E-state index contributed by atoms with van der Waals surface area (Å²) < 4.78 is 5.94. The van der Waals surface area contributed by atoms with Gasteiger partial charge in [-0.2, -0.15) is 0 Å². The minimum absolute atomic E-state index is 0.829. The number of rotatable bonds is 0. The summed E-state index contributed by atoms with van der Waals surface area (Å²) in [6.45, 7) is 1.82. The Balaban J connectivity index is 2.02. The lowest BCUT2D eigenvalue weighted by Crippen LogP contribution is -2.31. The van der Waals surface area contributed by atoms with Crippen molar-refractivity contribution >= 4 is 34.8 Å². The van der Waals surface area contributed by atoms with Crippen LogP contribution < -0.4 is 5.32 Å². The van der Waals surface area contributed by atoms with Crippen molar-refractivity contribution in [3.8, 4) is 0 Å². The molecule has 0 amide bonds. The van der Waals surface area contributed by atoms with Gasteiger partial charge in [0.1, 0.15) is 0 Å². The molecule has 100 valence electrons. The second kappa shape index (κ2) is 4.21. The van der Waals surface area contributed by atoms with Gasteiger partial charge in [0.05, 0.1) is 5.70 Å². The molecule has 2 nitrogen and oxygen atoms in total. The Morgan fingerprint density at radius 2 is 1.60 bits per heavy atom. The van der Waals surface area contributed by atoms with E-state index in [1.807, 2.05) is 25.1 Å². The third kappa shape index (κ3) is 1.81. The Hall–Kier alpha value is -1.58. The maximum absolute atomic E-state index is 6.35. The number of halogens is 1. The van der Waals surface area contributed by atoms with Gasteiger partial charge in [-0.3, -0.25) is 0 Å². The third-order valence-electron chi connectivity index (χ3n) is 3.38. The summed E-state index contributed by atoms with van der Waals surface area (Å²) in [6.07, 6.45) is 0. The predicted octanol–water partition coefficient (Wildman–Crippen LogP) is 4.51. The number of fused-ring (bicyclic) bond motifs is 4. The van der Waals surface area contributed by atoms with Gasteiger partial charge in [-0.15, -0.1) is 0 Å². The van der Waals surface area contributed by atoms with E-state index in [2.05, 4.69) is 35.6 Å². The Kier molecular flexibility index (Phi) is 2.56. The fourth-order valence-corrected chi connectivity index (χ4v) is 3.80. The molecule has 0 aromatic heterocycles. The average molecular weight is 302 g/mol. The molecule has 0 aliphatic carbocycles. The highest BCUT2D eigenvalue weighted by molar-refractivity contribution is 7.99. The second-order valence-electron chi connectivity index (χ2n) is 4.94. The molecule has 2 aliphatic heterocycles. The second-order valence-corrected chi connectivity index (χ2v) is 6.75. The van der Waals surface area contributed by atoms with E-state index in [1.165, 1.54) is 9.79 Å². The summed E-state index contributed by atoms with van der Waals surface area (Å²) in [7, 11) is 0. The van der Waals surface area contributed by atoms with Gasteiger partial charge < -0.3 is 10.1 Å². The van der Waals surface area contributed by atoms with Crippen LogP contribution in [0.4, 0.5) is 0 Å². The van der Waals surface area contributed by atoms with Crippen molar-refractivity contribution in [3.05, 3.63) is 59.7 Å². The molecular weight excluding hydrogens is 290 g/mol. The first-order valence-electron chi connectivity index (χ1n) is 6.41. The summed E-state index contributed by atoms with van der Waals surface area (Å²) in [5, 5.41) is 2.38. The number of hydrogen-bond acceptors (Lipinski definition) is 3. The van der Waals surface area contributed by atoms with Crippen molar-refractivity contribution in [1.82, 2.24) is 5.32 Å². The zero-order valence-corrected chi connectivity index (χ0v) is 12.4. The van der Waals surface area contributed by atoms with Crippen LogP contribution in [0.15, 0.2) is 58.3 Å². The molecule has 4 rings (SSSR count). The van der Waals surface area contributed by atoms with Crippen LogP contribution in [0.25, 0.3) is 11.5 Å². The molecule has 4 heteroatoms. The van der Waals surface area contributed by atoms with Crippen LogP contribution in [0.2, 0.25) is 0 Å². The normalized spacial score (nSPS) is 23.1. The Bertz CT molecular complexity index is 679. The maximum Gasteiger partial charge on any atom is 0.255 e. The SMILES string of the molecule is C[C@]1(Cl)NC2=C(O1)c1ccccc1Sc1ccccc12. The van der Waals surface area contributed by atoms with Crippen LogP contribution in [0.1, 0.15) is 18.1 Å². The summed E-state index contributed by atoms with van der Waals surface area (Å²) in [6, 6.07) is 16.6. The molecule has 20 heavy (non-hydrogen) atoms. The van der Waals surface area contributed by atoms with Crippen molar-refractivity contribution in [2.24, 2.45) is 0 Å². The van der Waals surface area contributed by atoms with Gasteiger partial charge in [0.25, 0.3) is 5.18 Å². The number of hydrogen-bond donors (Lipinski definition) is 1. The fraction of sp³-hybridized carbons (Fsp3) is 0.125. The molecule has 0 unspecified atom stereocenters. The van der Waals surface area contributed by atoms with Crippen molar-refractivity contribution in [3.63, 3.8) is 0 Å². The molecule has 0 fully saturated rings. The van der Waals surface area contributed by atoms with Crippen molar-refractivity contribution < 1.29 is 4.74 Å². The molecule has 0 radical (unpaired) electrons. The highest BCUT2D eigenvalue weighted by Gasteiger charge is 2.38. The van der Waals surface area contributed by atoms with Crippen LogP contribution >= 0.6 is 23.4 Å². The highest BCUT2D eigenvalue weighted by Crippen LogP contribution is 2.48. The topological polar surface area (TPSA) is 21.3 Å². The fourth-order valence-electron chi connectivity index (χ4n) is 2.55. The van der Waals surface area contributed by atoms with E-state index in [1.54, 1.807) is 11.8 Å². The van der Waals surface area contributed by atoms with Crippen molar-refractivity contribution in [2.75, 3.05) is 0 Å². The molecule has 2 aromatic rings. The molecule has 1 atom stereocenters. The minimum Gasteiger partial charge on any atom is -0.452 e. The quantitative estimate of drug-likeness (QED) is 0.571. The van der Waals surface area contributed by atoms with Crippen molar-refractivity contribution in [2.45, 2.75) is 21.9 Å². The molecular formula is C16H12ClNOS. The summed E-state index contributed by atoms with van der Waals surface area (Å²) >= 11 is 8.10. The van der Waals surface area contributed by atoms with Crippen LogP contribution in [0, 0.1) is 0 Å². The number of benzene rings is 2. The first-order chi connectivity index (χ1) is 9.64. The molecule has 0 spiro atoms. The number of ether oxygens (including phenoxy) is 1. The van der Waals surface area contributed by atoms with Gasteiger partial charge in [-0.25, -0.2) is 0 Å². The van der Waals surface area contributed by atoms with Crippen LogP contribution in [-0.2, 0) is 4.74 Å².